The maximum Gasteiger partial charge on any atom is 0.215 e. The van der Waals surface area contributed by atoms with Crippen LogP contribution in [0.1, 0.15) is 27.7 Å². The lowest BCUT2D eigenvalue weighted by atomic mass is 10.1. The maximum atomic E-state index is 12.2. The second-order valence-corrected chi connectivity index (χ2v) is 7.37. The number of sulfonamides is 1. The van der Waals surface area contributed by atoms with E-state index in [1.165, 1.54) is 0 Å². The van der Waals surface area contributed by atoms with Gasteiger partial charge in [-0.1, -0.05) is 13.8 Å². The Morgan fingerprint density at radius 1 is 1.41 bits per heavy atom. The summed E-state index contributed by atoms with van der Waals surface area (Å²) < 4.78 is 31.3. The van der Waals surface area contributed by atoms with Gasteiger partial charge in [0.25, 0.3) is 0 Å². The monoisotopic (exact) mass is 264 g/mol. The first kappa shape index (κ1) is 14.9. The van der Waals surface area contributed by atoms with Gasteiger partial charge in [-0.3, -0.25) is 0 Å². The smallest absolute Gasteiger partial charge is 0.215 e. The molecule has 17 heavy (non-hydrogen) atoms. The van der Waals surface area contributed by atoms with Gasteiger partial charge in [-0.15, -0.1) is 0 Å². The van der Waals surface area contributed by atoms with Crippen LogP contribution in [0.5, 0.6) is 0 Å². The van der Waals surface area contributed by atoms with Gasteiger partial charge in [-0.05, 0) is 13.8 Å². The van der Waals surface area contributed by atoms with Crippen molar-refractivity contribution in [2.45, 2.75) is 39.3 Å². The molecule has 0 aromatic rings. The van der Waals surface area contributed by atoms with Crippen molar-refractivity contribution in [1.29, 1.82) is 0 Å². The van der Waals surface area contributed by atoms with E-state index in [1.807, 2.05) is 27.7 Å². The van der Waals surface area contributed by atoms with E-state index in [4.69, 9.17) is 4.74 Å². The third kappa shape index (κ3) is 4.21. The lowest BCUT2D eigenvalue weighted by molar-refractivity contribution is -0.00767. The number of nitrogens with zero attached hydrogens (tertiary/aromatic N) is 1. The molecule has 0 saturated carbocycles. The highest BCUT2D eigenvalue weighted by Crippen LogP contribution is 2.22. The van der Waals surface area contributed by atoms with Gasteiger partial charge < -0.3 is 10.1 Å². The number of morpholine rings is 1. The molecule has 6 heteroatoms. The molecule has 1 saturated heterocycles. The van der Waals surface area contributed by atoms with Gasteiger partial charge in [0.15, 0.2) is 0 Å². The van der Waals surface area contributed by atoms with Crippen molar-refractivity contribution < 1.29 is 13.2 Å². The molecule has 0 unspecified atom stereocenters. The van der Waals surface area contributed by atoms with Crippen molar-refractivity contribution in [2.24, 2.45) is 0 Å². The summed E-state index contributed by atoms with van der Waals surface area (Å²) in [5.41, 5.74) is -0.436. The standard InChI is InChI=1S/C11H24N2O3S/c1-10(2)12-5-8-17(14,15)13-6-7-16-9-11(13,3)4/h10,12H,5-9H2,1-4H3. The molecule has 1 heterocycles. The largest absolute Gasteiger partial charge is 0.378 e. The molecule has 1 N–H and O–H groups in total. The fourth-order valence-corrected chi connectivity index (χ4v) is 3.70. The van der Waals surface area contributed by atoms with E-state index in [-0.39, 0.29) is 5.75 Å². The van der Waals surface area contributed by atoms with Crippen LogP contribution in [-0.4, -0.2) is 56.4 Å². The fraction of sp³-hybridized carbons (Fsp3) is 1.00. The lowest BCUT2D eigenvalue weighted by Gasteiger charge is -2.40. The summed E-state index contributed by atoms with van der Waals surface area (Å²) in [6.07, 6.45) is 0. The molecular weight excluding hydrogens is 240 g/mol. The van der Waals surface area contributed by atoms with E-state index in [9.17, 15) is 8.42 Å². The van der Waals surface area contributed by atoms with Crippen LogP contribution < -0.4 is 5.32 Å². The van der Waals surface area contributed by atoms with Gasteiger partial charge in [0.05, 0.1) is 24.5 Å². The van der Waals surface area contributed by atoms with Crippen molar-refractivity contribution in [3.05, 3.63) is 0 Å². The Balaban J connectivity index is 2.62. The highest BCUT2D eigenvalue weighted by Gasteiger charge is 2.38. The average Bonchev–Trinajstić information content (AvgIpc) is 2.15. The van der Waals surface area contributed by atoms with Crippen LogP contribution in [0.4, 0.5) is 0 Å². The lowest BCUT2D eigenvalue weighted by Crippen LogP contribution is -2.56. The number of hydrogen-bond acceptors (Lipinski definition) is 4. The van der Waals surface area contributed by atoms with Gasteiger partial charge in [-0.25, -0.2) is 8.42 Å². The van der Waals surface area contributed by atoms with E-state index in [2.05, 4.69) is 5.32 Å². The summed E-state index contributed by atoms with van der Waals surface area (Å²) in [5.74, 6) is 0.147. The molecule has 0 amide bonds. The average molecular weight is 264 g/mol. The van der Waals surface area contributed by atoms with Crippen LogP contribution >= 0.6 is 0 Å². The molecule has 0 radical (unpaired) electrons. The molecule has 0 aliphatic carbocycles. The van der Waals surface area contributed by atoms with Crippen molar-refractivity contribution >= 4 is 10.0 Å². The van der Waals surface area contributed by atoms with E-state index >= 15 is 0 Å². The van der Waals surface area contributed by atoms with Gasteiger partial charge in [0, 0.05) is 19.1 Å². The van der Waals surface area contributed by atoms with Crippen LogP contribution in [0, 0.1) is 0 Å². The number of rotatable bonds is 5. The van der Waals surface area contributed by atoms with Crippen LogP contribution in [0.3, 0.4) is 0 Å². The minimum absolute atomic E-state index is 0.147. The van der Waals surface area contributed by atoms with Crippen LogP contribution in [0.25, 0.3) is 0 Å². The predicted octanol–water partition coefficient (Wildman–Crippen LogP) is 0.425. The number of nitrogens with one attached hydrogen (secondary N) is 1. The highest BCUT2D eigenvalue weighted by atomic mass is 32.2. The second-order valence-electron chi connectivity index (χ2n) is 5.36. The fourth-order valence-electron chi connectivity index (χ4n) is 1.95. The summed E-state index contributed by atoms with van der Waals surface area (Å²) in [5, 5.41) is 3.13. The summed E-state index contributed by atoms with van der Waals surface area (Å²) in [4.78, 5) is 0. The molecule has 0 atom stereocenters. The highest BCUT2D eigenvalue weighted by molar-refractivity contribution is 7.89. The minimum Gasteiger partial charge on any atom is -0.378 e. The normalized spacial score (nSPS) is 21.9. The Hall–Kier alpha value is -0.170. The topological polar surface area (TPSA) is 58.6 Å². The molecule has 1 aliphatic rings. The SMILES string of the molecule is CC(C)NCCS(=O)(=O)N1CCOCC1(C)C. The van der Waals surface area contributed by atoms with Crippen LogP contribution in [-0.2, 0) is 14.8 Å². The Bertz CT molecular complexity index is 339. The molecule has 102 valence electrons. The van der Waals surface area contributed by atoms with Crippen molar-refractivity contribution in [3.8, 4) is 0 Å². The predicted molar refractivity (Wildman–Crippen MR) is 68.5 cm³/mol. The Kier molecular flexibility index (Phi) is 4.95. The minimum atomic E-state index is -3.20. The van der Waals surface area contributed by atoms with Gasteiger partial charge in [-0.2, -0.15) is 4.31 Å². The Morgan fingerprint density at radius 2 is 2.06 bits per heavy atom. The van der Waals surface area contributed by atoms with Crippen molar-refractivity contribution in [3.63, 3.8) is 0 Å². The maximum absolute atomic E-state index is 12.2. The van der Waals surface area contributed by atoms with Crippen LogP contribution in [0.2, 0.25) is 0 Å². The van der Waals surface area contributed by atoms with E-state index in [0.717, 1.165) is 0 Å². The zero-order chi connectivity index (χ0) is 13.1. The molecule has 1 aliphatic heterocycles. The molecule has 0 bridgehead atoms. The molecule has 0 aromatic heterocycles. The number of ether oxygens (including phenoxy) is 1. The summed E-state index contributed by atoms with van der Waals surface area (Å²) in [6, 6.07) is 0.308. The summed E-state index contributed by atoms with van der Waals surface area (Å²) >= 11 is 0. The molecule has 0 aromatic carbocycles. The second kappa shape index (κ2) is 5.65. The van der Waals surface area contributed by atoms with Gasteiger partial charge in [0.2, 0.25) is 10.0 Å². The quantitative estimate of drug-likeness (QED) is 0.782. The van der Waals surface area contributed by atoms with E-state index in [1.54, 1.807) is 4.31 Å². The van der Waals surface area contributed by atoms with E-state index in [0.29, 0.717) is 32.3 Å². The van der Waals surface area contributed by atoms with E-state index < -0.39 is 15.6 Å². The molecule has 5 nitrogen and oxygen atoms in total. The molecule has 0 spiro atoms. The summed E-state index contributed by atoms with van der Waals surface area (Å²) in [7, 11) is -3.20. The molecule has 1 rings (SSSR count). The first-order valence-corrected chi connectivity index (χ1v) is 7.68. The van der Waals surface area contributed by atoms with Gasteiger partial charge in [0.1, 0.15) is 0 Å². The van der Waals surface area contributed by atoms with Crippen molar-refractivity contribution in [1.82, 2.24) is 9.62 Å². The van der Waals surface area contributed by atoms with Crippen molar-refractivity contribution in [2.75, 3.05) is 32.1 Å². The molecular formula is C11H24N2O3S. The zero-order valence-corrected chi connectivity index (χ0v) is 12.0. The third-order valence-electron chi connectivity index (χ3n) is 2.82. The first-order valence-electron chi connectivity index (χ1n) is 6.07. The Morgan fingerprint density at radius 3 is 2.59 bits per heavy atom. The third-order valence-corrected chi connectivity index (χ3v) is 4.89. The number of hydrogen-bond donors (Lipinski definition) is 1. The van der Waals surface area contributed by atoms with Crippen LogP contribution in [0.15, 0.2) is 0 Å². The molecule has 1 fully saturated rings. The van der Waals surface area contributed by atoms with Gasteiger partial charge >= 0.3 is 0 Å². The summed E-state index contributed by atoms with van der Waals surface area (Å²) in [6.45, 7) is 9.71. The first-order chi connectivity index (χ1) is 7.76. The zero-order valence-electron chi connectivity index (χ0n) is 11.2. The Labute approximate surface area is 105 Å².